The molecule has 0 aliphatic carbocycles. The van der Waals surface area contributed by atoms with Crippen molar-refractivity contribution >= 4 is 22.8 Å². The lowest BCUT2D eigenvalue weighted by atomic mass is 9.86. The standard InChI is InChI=1S/C26H27FN4O5/c1-3-26(35)18-8-21-23-16(11-31(21)24(33)17(18)12-36-25(26)34)14(5-4-6-29-22(32)10-28)15-7-13(2)19(27)9-20(15)30-23/h7-9,35H,3-6,10-12,28H2,1-2H3,(H,29,32)/t26-/m0/s1. The Morgan fingerprint density at radius 3 is 2.81 bits per heavy atom. The van der Waals surface area contributed by atoms with Crippen LogP contribution in [0.4, 0.5) is 4.39 Å². The Balaban J connectivity index is 1.68. The van der Waals surface area contributed by atoms with Gasteiger partial charge in [0.25, 0.3) is 5.56 Å². The van der Waals surface area contributed by atoms with E-state index in [0.29, 0.717) is 41.9 Å². The van der Waals surface area contributed by atoms with Crippen LogP contribution in [0.25, 0.3) is 22.3 Å². The molecular weight excluding hydrogens is 467 g/mol. The number of esters is 1. The Morgan fingerprint density at radius 2 is 2.08 bits per heavy atom. The number of cyclic esters (lactones) is 1. The first-order chi connectivity index (χ1) is 17.2. The van der Waals surface area contributed by atoms with Crippen LogP contribution in [0.5, 0.6) is 0 Å². The van der Waals surface area contributed by atoms with Crippen LogP contribution in [0.15, 0.2) is 23.0 Å². The molecular formula is C26H27FN4O5. The number of ether oxygens (including phenoxy) is 1. The van der Waals surface area contributed by atoms with Gasteiger partial charge in [0.05, 0.1) is 35.6 Å². The van der Waals surface area contributed by atoms with E-state index in [4.69, 9.17) is 15.5 Å². The van der Waals surface area contributed by atoms with Crippen LogP contribution in [0, 0.1) is 12.7 Å². The minimum atomic E-state index is -1.92. The van der Waals surface area contributed by atoms with Crippen LogP contribution >= 0.6 is 0 Å². The van der Waals surface area contributed by atoms with Crippen molar-refractivity contribution in [1.82, 2.24) is 14.9 Å². The summed E-state index contributed by atoms with van der Waals surface area (Å²) in [6.45, 7) is 3.69. The molecule has 5 rings (SSSR count). The lowest BCUT2D eigenvalue weighted by Crippen LogP contribution is -2.44. The topological polar surface area (TPSA) is 137 Å². The SMILES string of the molecule is CC[C@@]1(O)C(=O)OCc2c1cc1n(c2=O)Cc2c-1nc1cc(F)c(C)cc1c2CCCNC(=O)CN. The van der Waals surface area contributed by atoms with E-state index < -0.39 is 11.6 Å². The fraction of sp³-hybridized carbons (Fsp3) is 0.385. The summed E-state index contributed by atoms with van der Waals surface area (Å²) in [7, 11) is 0. The molecule has 36 heavy (non-hydrogen) atoms. The number of rotatable bonds is 6. The van der Waals surface area contributed by atoms with Crippen molar-refractivity contribution in [2.24, 2.45) is 5.73 Å². The van der Waals surface area contributed by atoms with Crippen molar-refractivity contribution in [3.8, 4) is 11.4 Å². The first kappa shape index (κ1) is 24.1. The molecule has 2 aliphatic heterocycles. The van der Waals surface area contributed by atoms with Gasteiger partial charge in [0, 0.05) is 29.1 Å². The lowest BCUT2D eigenvalue weighted by molar-refractivity contribution is -0.172. The van der Waals surface area contributed by atoms with E-state index in [-0.39, 0.29) is 54.5 Å². The Labute approximate surface area is 206 Å². The van der Waals surface area contributed by atoms with E-state index in [1.54, 1.807) is 30.5 Å². The minimum absolute atomic E-state index is 0.0456. The van der Waals surface area contributed by atoms with E-state index in [1.165, 1.54) is 6.07 Å². The third kappa shape index (κ3) is 3.59. The highest BCUT2D eigenvalue weighted by Gasteiger charge is 2.45. The predicted octanol–water partition coefficient (Wildman–Crippen LogP) is 1.53. The first-order valence-corrected chi connectivity index (χ1v) is 11.9. The number of benzene rings is 1. The number of nitrogens with zero attached hydrogens (tertiary/aromatic N) is 2. The van der Waals surface area contributed by atoms with Gasteiger partial charge in [-0.1, -0.05) is 6.92 Å². The molecule has 0 bridgehead atoms. The molecule has 4 N–H and O–H groups in total. The monoisotopic (exact) mass is 494 g/mol. The quantitative estimate of drug-likeness (QED) is 0.273. The van der Waals surface area contributed by atoms with Crippen LogP contribution < -0.4 is 16.6 Å². The summed E-state index contributed by atoms with van der Waals surface area (Å²) in [6, 6.07) is 4.77. The summed E-state index contributed by atoms with van der Waals surface area (Å²) in [5.74, 6) is -1.42. The minimum Gasteiger partial charge on any atom is -0.458 e. The van der Waals surface area contributed by atoms with Gasteiger partial charge in [-0.2, -0.15) is 0 Å². The molecule has 1 aromatic carbocycles. The predicted molar refractivity (Wildman–Crippen MR) is 130 cm³/mol. The molecule has 1 amide bonds. The number of hydrogen-bond acceptors (Lipinski definition) is 7. The van der Waals surface area contributed by atoms with Crippen molar-refractivity contribution in [3.05, 3.63) is 62.2 Å². The third-order valence-corrected chi connectivity index (χ3v) is 7.20. The van der Waals surface area contributed by atoms with E-state index in [1.807, 2.05) is 0 Å². The van der Waals surface area contributed by atoms with Crippen molar-refractivity contribution < 1.29 is 23.8 Å². The molecule has 0 fully saturated rings. The summed E-state index contributed by atoms with van der Waals surface area (Å²) < 4.78 is 21.2. The van der Waals surface area contributed by atoms with Crippen molar-refractivity contribution in [2.75, 3.05) is 13.1 Å². The van der Waals surface area contributed by atoms with Gasteiger partial charge < -0.3 is 25.5 Å². The van der Waals surface area contributed by atoms with Crippen LogP contribution in [0.1, 0.15) is 47.6 Å². The number of aromatic nitrogens is 2. The Hall–Kier alpha value is -3.63. The zero-order chi connectivity index (χ0) is 25.8. The van der Waals surface area contributed by atoms with Crippen LogP contribution in [-0.4, -0.2) is 39.6 Å². The van der Waals surface area contributed by atoms with Gasteiger partial charge in [-0.05, 0) is 49.4 Å². The molecule has 2 aliphatic rings. The molecule has 1 atom stereocenters. The number of fused-ring (bicyclic) bond motifs is 5. The van der Waals surface area contributed by atoms with E-state index >= 15 is 0 Å². The molecule has 0 saturated heterocycles. The van der Waals surface area contributed by atoms with Crippen molar-refractivity contribution in [1.29, 1.82) is 0 Å². The maximum absolute atomic E-state index is 14.5. The maximum Gasteiger partial charge on any atom is 0.343 e. The molecule has 188 valence electrons. The van der Waals surface area contributed by atoms with Crippen LogP contribution in [0.2, 0.25) is 0 Å². The molecule has 2 aromatic heterocycles. The molecule has 0 spiro atoms. The van der Waals surface area contributed by atoms with Gasteiger partial charge in [0.2, 0.25) is 5.91 Å². The number of pyridine rings is 2. The second-order valence-electron chi connectivity index (χ2n) is 9.30. The molecule has 0 saturated carbocycles. The summed E-state index contributed by atoms with van der Waals surface area (Å²) in [5, 5.41) is 14.6. The van der Waals surface area contributed by atoms with Crippen molar-refractivity contribution in [2.45, 2.75) is 51.9 Å². The van der Waals surface area contributed by atoms with Gasteiger partial charge >= 0.3 is 5.97 Å². The highest BCUT2D eigenvalue weighted by Crippen LogP contribution is 2.40. The summed E-state index contributed by atoms with van der Waals surface area (Å²) >= 11 is 0. The number of aliphatic hydroxyl groups is 1. The molecule has 3 aromatic rings. The smallest absolute Gasteiger partial charge is 0.343 e. The maximum atomic E-state index is 14.5. The van der Waals surface area contributed by atoms with Gasteiger partial charge in [-0.15, -0.1) is 0 Å². The molecule has 10 heteroatoms. The lowest BCUT2D eigenvalue weighted by Gasteiger charge is -2.31. The largest absolute Gasteiger partial charge is 0.458 e. The summed E-state index contributed by atoms with van der Waals surface area (Å²) in [5.41, 5.74) is 7.21. The zero-order valence-electron chi connectivity index (χ0n) is 20.1. The van der Waals surface area contributed by atoms with Crippen LogP contribution in [0.3, 0.4) is 0 Å². The number of amides is 1. The number of aryl methyl sites for hydroxylation is 2. The van der Waals surface area contributed by atoms with Crippen molar-refractivity contribution in [3.63, 3.8) is 0 Å². The van der Waals surface area contributed by atoms with Gasteiger partial charge in [0.15, 0.2) is 5.60 Å². The number of nitrogens with two attached hydrogens (primary N) is 1. The molecule has 9 nitrogen and oxygen atoms in total. The average Bonchev–Trinajstić information content (AvgIpc) is 3.23. The highest BCUT2D eigenvalue weighted by molar-refractivity contribution is 5.89. The first-order valence-electron chi connectivity index (χ1n) is 11.9. The number of carbonyl (C=O) groups is 2. The molecule has 0 radical (unpaired) electrons. The molecule has 0 unspecified atom stereocenters. The van der Waals surface area contributed by atoms with Gasteiger partial charge in [-0.25, -0.2) is 14.2 Å². The van der Waals surface area contributed by atoms with E-state index in [0.717, 1.165) is 16.5 Å². The van der Waals surface area contributed by atoms with E-state index in [2.05, 4.69) is 5.32 Å². The number of halogens is 1. The third-order valence-electron chi connectivity index (χ3n) is 7.20. The highest BCUT2D eigenvalue weighted by atomic mass is 19.1. The second kappa shape index (κ2) is 8.79. The number of nitrogens with one attached hydrogen (secondary N) is 1. The summed E-state index contributed by atoms with van der Waals surface area (Å²) in [6.07, 6.45) is 1.21. The fourth-order valence-corrected chi connectivity index (χ4v) is 5.14. The Bertz CT molecular complexity index is 1500. The Kier molecular flexibility index (Phi) is 5.88. The van der Waals surface area contributed by atoms with Gasteiger partial charge in [-0.3, -0.25) is 9.59 Å². The Morgan fingerprint density at radius 1 is 1.31 bits per heavy atom. The van der Waals surface area contributed by atoms with Gasteiger partial charge in [0.1, 0.15) is 12.4 Å². The van der Waals surface area contributed by atoms with Crippen LogP contribution in [-0.2, 0) is 39.5 Å². The average molecular weight is 495 g/mol. The number of carbonyl (C=O) groups excluding carboxylic acids is 2. The zero-order valence-corrected chi connectivity index (χ0v) is 20.1. The fourth-order valence-electron chi connectivity index (χ4n) is 5.14. The summed E-state index contributed by atoms with van der Waals surface area (Å²) in [4.78, 5) is 42.1. The normalized spacial score (nSPS) is 18.0. The van der Waals surface area contributed by atoms with E-state index in [9.17, 15) is 23.9 Å². The number of hydrogen-bond donors (Lipinski definition) is 3. The second-order valence-corrected chi connectivity index (χ2v) is 9.30. The molecule has 4 heterocycles.